The van der Waals surface area contributed by atoms with Crippen LogP contribution in [0.15, 0.2) is 24.3 Å². The van der Waals surface area contributed by atoms with Gasteiger partial charge in [0.1, 0.15) is 0 Å². The maximum absolute atomic E-state index is 12.8. The topological polar surface area (TPSA) is 77.0 Å². The molecule has 2 aromatic rings. The van der Waals surface area contributed by atoms with Crippen LogP contribution in [0.3, 0.4) is 0 Å². The van der Waals surface area contributed by atoms with E-state index in [2.05, 4.69) is 10.3 Å². The highest BCUT2D eigenvalue weighted by molar-refractivity contribution is 6.30. The summed E-state index contributed by atoms with van der Waals surface area (Å²) in [6.07, 6.45) is 0.634. The van der Waals surface area contributed by atoms with Gasteiger partial charge in [-0.25, -0.2) is 4.68 Å². The summed E-state index contributed by atoms with van der Waals surface area (Å²) in [5.74, 6) is -0.151. The normalized spacial score (nSPS) is 11.6. The second kappa shape index (κ2) is 7.32. The van der Waals surface area contributed by atoms with E-state index in [1.165, 1.54) is 0 Å². The lowest BCUT2D eigenvalue weighted by Crippen LogP contribution is -2.40. The Morgan fingerprint density at radius 3 is 2.71 bits per heavy atom. The molecule has 24 heavy (non-hydrogen) atoms. The maximum Gasteiger partial charge on any atom is 0.276 e. The van der Waals surface area contributed by atoms with Crippen molar-refractivity contribution >= 4 is 17.5 Å². The first-order chi connectivity index (χ1) is 11.3. The predicted molar refractivity (Wildman–Crippen MR) is 95.5 cm³/mol. The Balaban J connectivity index is 2.33. The largest absolute Gasteiger partial charge is 0.340 e. The van der Waals surface area contributed by atoms with E-state index in [0.717, 1.165) is 11.4 Å². The molecule has 7 heteroatoms. The number of hydrogen-bond acceptors (Lipinski definition) is 4. The van der Waals surface area contributed by atoms with Crippen molar-refractivity contribution < 1.29 is 4.79 Å². The van der Waals surface area contributed by atoms with Crippen molar-refractivity contribution in [3.05, 3.63) is 40.7 Å². The molecule has 1 aromatic heterocycles. The van der Waals surface area contributed by atoms with Crippen molar-refractivity contribution in [2.45, 2.75) is 27.2 Å². The molecule has 1 aromatic carbocycles. The Bertz CT molecular complexity index is 726. The second-order valence-electron chi connectivity index (χ2n) is 6.66. The number of hydrogen-bond donors (Lipinski definition) is 1. The Kier molecular flexibility index (Phi) is 5.62. The summed E-state index contributed by atoms with van der Waals surface area (Å²) < 4.78 is 1.67. The molecule has 0 spiro atoms. The number of rotatable bonds is 6. The number of aromatic nitrogens is 3. The summed E-state index contributed by atoms with van der Waals surface area (Å²) in [6.45, 7) is 7.08. The quantitative estimate of drug-likeness (QED) is 0.869. The lowest BCUT2D eigenvalue weighted by molar-refractivity contribution is 0.0733. The van der Waals surface area contributed by atoms with Crippen molar-refractivity contribution in [2.24, 2.45) is 11.1 Å². The zero-order chi connectivity index (χ0) is 17.9. The highest BCUT2D eigenvalue weighted by Crippen LogP contribution is 2.20. The number of nitrogens with two attached hydrogens (primary N) is 1. The van der Waals surface area contributed by atoms with Gasteiger partial charge in [0.2, 0.25) is 0 Å². The van der Waals surface area contributed by atoms with E-state index in [9.17, 15) is 4.79 Å². The van der Waals surface area contributed by atoms with E-state index >= 15 is 0 Å². The molecule has 0 aliphatic carbocycles. The van der Waals surface area contributed by atoms with E-state index < -0.39 is 0 Å². The van der Waals surface area contributed by atoms with Crippen molar-refractivity contribution in [3.63, 3.8) is 0 Å². The van der Waals surface area contributed by atoms with Gasteiger partial charge in [-0.2, -0.15) is 0 Å². The molecule has 0 aliphatic heterocycles. The molecule has 0 unspecified atom stereocenters. The van der Waals surface area contributed by atoms with E-state index in [1.54, 1.807) is 28.8 Å². The number of halogens is 1. The molecule has 0 radical (unpaired) electrons. The Hall–Kier alpha value is -1.92. The van der Waals surface area contributed by atoms with Gasteiger partial charge in [-0.1, -0.05) is 43.7 Å². The lowest BCUT2D eigenvalue weighted by atomic mass is 9.93. The summed E-state index contributed by atoms with van der Waals surface area (Å²) >= 11 is 6.05. The first-order valence-electron chi connectivity index (χ1n) is 7.95. The third kappa shape index (κ3) is 3.94. The van der Waals surface area contributed by atoms with E-state index in [4.69, 9.17) is 17.3 Å². The highest BCUT2D eigenvalue weighted by atomic mass is 35.5. The zero-order valence-electron chi connectivity index (χ0n) is 14.6. The molecule has 1 heterocycles. The van der Waals surface area contributed by atoms with Gasteiger partial charge in [-0.3, -0.25) is 4.79 Å². The minimum Gasteiger partial charge on any atom is -0.340 e. The van der Waals surface area contributed by atoms with Gasteiger partial charge < -0.3 is 10.6 Å². The summed E-state index contributed by atoms with van der Waals surface area (Å²) in [5.41, 5.74) is 7.53. The summed E-state index contributed by atoms with van der Waals surface area (Å²) in [4.78, 5) is 14.4. The van der Waals surface area contributed by atoms with Crippen LogP contribution in [0.4, 0.5) is 0 Å². The molecule has 0 atom stereocenters. The van der Waals surface area contributed by atoms with Crippen molar-refractivity contribution in [2.75, 3.05) is 20.1 Å². The van der Waals surface area contributed by atoms with Crippen LogP contribution < -0.4 is 5.73 Å². The van der Waals surface area contributed by atoms with Gasteiger partial charge in [0.05, 0.1) is 11.4 Å². The van der Waals surface area contributed by atoms with Crippen molar-refractivity contribution in [1.82, 2.24) is 19.9 Å². The molecular weight excluding hydrogens is 326 g/mol. The number of carbonyl (C=O) groups is 1. The fourth-order valence-electron chi connectivity index (χ4n) is 2.56. The smallest absolute Gasteiger partial charge is 0.276 e. The summed E-state index contributed by atoms with van der Waals surface area (Å²) in [5, 5.41) is 8.88. The van der Waals surface area contributed by atoms with E-state index in [-0.39, 0.29) is 11.3 Å². The van der Waals surface area contributed by atoms with Gasteiger partial charge in [-0.05, 0) is 36.6 Å². The van der Waals surface area contributed by atoms with Crippen LogP contribution in [0.2, 0.25) is 5.02 Å². The van der Waals surface area contributed by atoms with Gasteiger partial charge in [-0.15, -0.1) is 5.10 Å². The van der Waals surface area contributed by atoms with Gasteiger partial charge in [0.25, 0.3) is 5.91 Å². The molecule has 0 saturated heterocycles. The SMILES string of the molecule is CCc1c(C(=O)N(C)CC(C)(C)CN)nnn1-c1cccc(Cl)c1. The molecule has 0 aliphatic rings. The van der Waals surface area contributed by atoms with Crippen LogP contribution in [0.1, 0.15) is 37.0 Å². The number of nitrogens with zero attached hydrogens (tertiary/aromatic N) is 4. The Morgan fingerprint density at radius 1 is 1.42 bits per heavy atom. The van der Waals surface area contributed by atoms with E-state index in [0.29, 0.717) is 30.2 Å². The van der Waals surface area contributed by atoms with Crippen molar-refractivity contribution in [3.8, 4) is 5.69 Å². The average Bonchev–Trinajstić information content (AvgIpc) is 2.97. The predicted octanol–water partition coefficient (Wildman–Crippen LogP) is 2.54. The molecule has 0 fully saturated rings. The van der Waals surface area contributed by atoms with Crippen LogP contribution in [-0.2, 0) is 6.42 Å². The molecule has 2 rings (SSSR count). The minimum atomic E-state index is -0.153. The maximum atomic E-state index is 12.8. The van der Waals surface area contributed by atoms with Crippen LogP contribution >= 0.6 is 11.6 Å². The zero-order valence-corrected chi connectivity index (χ0v) is 15.3. The summed E-state index contributed by atoms with van der Waals surface area (Å²) in [6, 6.07) is 7.32. The average molecular weight is 350 g/mol. The first kappa shape index (κ1) is 18.4. The van der Waals surface area contributed by atoms with E-state index in [1.807, 2.05) is 32.9 Å². The number of benzene rings is 1. The minimum absolute atomic E-state index is 0.151. The van der Waals surface area contributed by atoms with Gasteiger partial charge >= 0.3 is 0 Å². The van der Waals surface area contributed by atoms with Crippen LogP contribution in [0.25, 0.3) is 5.69 Å². The van der Waals surface area contributed by atoms with Gasteiger partial charge in [0.15, 0.2) is 5.69 Å². The summed E-state index contributed by atoms with van der Waals surface area (Å²) in [7, 11) is 1.76. The second-order valence-corrected chi connectivity index (χ2v) is 7.10. The first-order valence-corrected chi connectivity index (χ1v) is 8.33. The van der Waals surface area contributed by atoms with Crippen LogP contribution in [0, 0.1) is 5.41 Å². The van der Waals surface area contributed by atoms with Crippen molar-refractivity contribution in [1.29, 1.82) is 0 Å². The number of carbonyl (C=O) groups excluding carboxylic acids is 1. The monoisotopic (exact) mass is 349 g/mol. The standard InChI is InChI=1S/C17H24ClN5O/c1-5-14-15(16(24)22(4)11-17(2,3)10-19)20-21-23(14)13-8-6-7-12(18)9-13/h6-9H,5,10-11,19H2,1-4H3. The Morgan fingerprint density at radius 2 is 2.12 bits per heavy atom. The highest BCUT2D eigenvalue weighted by Gasteiger charge is 2.26. The molecule has 1 amide bonds. The third-order valence-electron chi connectivity index (χ3n) is 3.92. The molecule has 130 valence electrons. The molecule has 6 nitrogen and oxygen atoms in total. The van der Waals surface area contributed by atoms with Crippen LogP contribution in [-0.4, -0.2) is 45.9 Å². The lowest BCUT2D eigenvalue weighted by Gasteiger charge is -2.28. The molecule has 0 saturated carbocycles. The molecule has 2 N–H and O–H groups in total. The molecular formula is C17H24ClN5O. The van der Waals surface area contributed by atoms with Gasteiger partial charge in [0, 0.05) is 18.6 Å². The fourth-order valence-corrected chi connectivity index (χ4v) is 2.74. The third-order valence-corrected chi connectivity index (χ3v) is 4.15. The number of amides is 1. The van der Waals surface area contributed by atoms with Crippen LogP contribution in [0.5, 0.6) is 0 Å². The Labute approximate surface area is 147 Å². The molecule has 0 bridgehead atoms. The fraction of sp³-hybridized carbons (Fsp3) is 0.471.